The minimum absolute atomic E-state index is 0.221. The van der Waals surface area contributed by atoms with E-state index in [-0.39, 0.29) is 11.3 Å². The van der Waals surface area contributed by atoms with Crippen LogP contribution in [0.2, 0.25) is 0 Å². The van der Waals surface area contributed by atoms with Crippen LogP contribution in [0.5, 0.6) is 5.75 Å². The van der Waals surface area contributed by atoms with Crippen molar-refractivity contribution in [1.82, 2.24) is 9.47 Å². The van der Waals surface area contributed by atoms with Crippen molar-refractivity contribution in [3.8, 4) is 28.0 Å². The zero-order chi connectivity index (χ0) is 22.5. The molecule has 0 radical (unpaired) electrons. The molecule has 5 heteroatoms. The van der Waals surface area contributed by atoms with Crippen LogP contribution < -0.4 is 10.3 Å². The van der Waals surface area contributed by atoms with Crippen LogP contribution in [0.4, 0.5) is 4.79 Å². The molecule has 1 aromatic heterocycles. The lowest BCUT2D eigenvalue weighted by atomic mass is 9.99. The molecule has 0 unspecified atom stereocenters. The number of amides is 1. The first kappa shape index (κ1) is 21.1. The summed E-state index contributed by atoms with van der Waals surface area (Å²) in [6.07, 6.45) is 1.23. The van der Waals surface area contributed by atoms with Crippen LogP contribution >= 0.6 is 0 Å². The van der Waals surface area contributed by atoms with Gasteiger partial charge >= 0.3 is 6.09 Å². The molecule has 4 aromatic rings. The van der Waals surface area contributed by atoms with Gasteiger partial charge < -0.3 is 14.2 Å². The summed E-state index contributed by atoms with van der Waals surface area (Å²) in [5.41, 5.74) is 3.37. The van der Waals surface area contributed by atoms with E-state index in [1.165, 1.54) is 4.90 Å². The van der Waals surface area contributed by atoms with Crippen molar-refractivity contribution in [2.75, 3.05) is 14.1 Å². The summed E-state index contributed by atoms with van der Waals surface area (Å²) in [4.78, 5) is 27.6. The number of carbonyl (C=O) groups is 1. The van der Waals surface area contributed by atoms with Crippen molar-refractivity contribution in [2.45, 2.75) is 6.54 Å². The molecule has 1 amide bonds. The number of carbonyl (C=O) groups excluding carboxylic acids is 1. The Hall–Kier alpha value is -4.12. The van der Waals surface area contributed by atoms with Gasteiger partial charge in [0.2, 0.25) is 0 Å². The summed E-state index contributed by atoms with van der Waals surface area (Å²) < 4.78 is 7.48. The van der Waals surface area contributed by atoms with Gasteiger partial charge in [0.05, 0.1) is 12.1 Å². The van der Waals surface area contributed by atoms with E-state index in [2.05, 4.69) is 0 Å². The third-order valence-electron chi connectivity index (χ3n) is 5.13. The molecule has 1 heterocycles. The van der Waals surface area contributed by atoms with Gasteiger partial charge in [-0.15, -0.1) is 0 Å². The number of aromatic nitrogens is 1. The van der Waals surface area contributed by atoms with Gasteiger partial charge in [0, 0.05) is 25.9 Å². The van der Waals surface area contributed by atoms with E-state index in [1.54, 1.807) is 24.9 Å². The number of nitrogens with zero attached hydrogens (tertiary/aromatic N) is 2. The van der Waals surface area contributed by atoms with Crippen LogP contribution in [0.1, 0.15) is 5.56 Å². The smallest absolute Gasteiger partial charge is 0.409 e. The minimum atomic E-state index is -0.542. The molecule has 0 saturated carbocycles. The second-order valence-corrected chi connectivity index (χ2v) is 7.66. The van der Waals surface area contributed by atoms with Gasteiger partial charge in [0.1, 0.15) is 0 Å². The Labute approximate surface area is 187 Å². The summed E-state index contributed by atoms with van der Waals surface area (Å²) in [6.45, 7) is 0.404. The molecule has 0 fully saturated rings. The zero-order valence-electron chi connectivity index (χ0n) is 18.1. The standard InChI is InChI=1S/C27H24N2O3/c1-28(2)27(31)32-25-23(21-14-8-4-9-15-21)19-29(18-20-12-6-3-7-13-20)26(30)24(25)22-16-10-5-11-17-22/h3-17,19H,18H2,1-2H3. The average Bonchev–Trinajstić information content (AvgIpc) is 2.82. The predicted octanol–water partition coefficient (Wildman–Crippen LogP) is 5.29. The fourth-order valence-electron chi connectivity index (χ4n) is 3.51. The first-order chi connectivity index (χ1) is 15.5. The van der Waals surface area contributed by atoms with Gasteiger partial charge in [-0.3, -0.25) is 4.79 Å². The van der Waals surface area contributed by atoms with Gasteiger partial charge in [-0.05, 0) is 16.7 Å². The molecule has 0 aliphatic rings. The monoisotopic (exact) mass is 424 g/mol. The quantitative estimate of drug-likeness (QED) is 0.437. The first-order valence-electron chi connectivity index (χ1n) is 10.4. The van der Waals surface area contributed by atoms with Gasteiger partial charge in [-0.1, -0.05) is 91.0 Å². The molecular weight excluding hydrogens is 400 g/mol. The molecule has 0 atom stereocenters. The zero-order valence-corrected chi connectivity index (χ0v) is 18.1. The molecule has 4 rings (SSSR count). The Morgan fingerprint density at radius 2 is 1.34 bits per heavy atom. The largest absolute Gasteiger partial charge is 0.414 e. The number of pyridine rings is 1. The Balaban J connectivity index is 2.00. The van der Waals surface area contributed by atoms with E-state index < -0.39 is 6.09 Å². The fourth-order valence-corrected chi connectivity index (χ4v) is 3.51. The van der Waals surface area contributed by atoms with Gasteiger partial charge in [-0.25, -0.2) is 4.79 Å². The third kappa shape index (κ3) is 4.47. The van der Waals surface area contributed by atoms with Crippen LogP contribution in [0.25, 0.3) is 22.3 Å². The lowest BCUT2D eigenvalue weighted by Gasteiger charge is -2.20. The first-order valence-corrected chi connectivity index (χ1v) is 10.4. The third-order valence-corrected chi connectivity index (χ3v) is 5.13. The topological polar surface area (TPSA) is 51.5 Å². The lowest BCUT2D eigenvalue weighted by Crippen LogP contribution is -2.28. The summed E-state index contributed by atoms with van der Waals surface area (Å²) >= 11 is 0. The van der Waals surface area contributed by atoms with E-state index in [9.17, 15) is 9.59 Å². The average molecular weight is 425 g/mol. The number of benzene rings is 3. The van der Waals surface area contributed by atoms with Crippen LogP contribution in [-0.2, 0) is 6.54 Å². The summed E-state index contributed by atoms with van der Waals surface area (Å²) in [7, 11) is 3.23. The highest BCUT2D eigenvalue weighted by Gasteiger charge is 2.23. The van der Waals surface area contributed by atoms with Crippen molar-refractivity contribution >= 4 is 6.09 Å². The Kier molecular flexibility index (Phi) is 6.17. The minimum Gasteiger partial charge on any atom is -0.409 e. The molecule has 0 spiro atoms. The Morgan fingerprint density at radius 1 is 0.812 bits per heavy atom. The molecule has 0 aliphatic carbocycles. The maximum absolute atomic E-state index is 13.7. The molecule has 0 saturated heterocycles. The highest BCUT2D eigenvalue weighted by molar-refractivity contribution is 5.85. The molecular formula is C27H24N2O3. The number of ether oxygens (including phenoxy) is 1. The van der Waals surface area contributed by atoms with Crippen molar-refractivity contribution in [1.29, 1.82) is 0 Å². The highest BCUT2D eigenvalue weighted by atomic mass is 16.6. The predicted molar refractivity (Wildman–Crippen MR) is 127 cm³/mol. The lowest BCUT2D eigenvalue weighted by molar-refractivity contribution is 0.172. The second kappa shape index (κ2) is 9.35. The van der Waals surface area contributed by atoms with E-state index >= 15 is 0 Å². The van der Waals surface area contributed by atoms with Crippen molar-refractivity contribution in [3.05, 3.63) is 113 Å². The highest BCUT2D eigenvalue weighted by Crippen LogP contribution is 2.37. The normalized spacial score (nSPS) is 10.6. The van der Waals surface area contributed by atoms with Gasteiger partial charge in [-0.2, -0.15) is 0 Å². The van der Waals surface area contributed by atoms with Gasteiger partial charge in [0.15, 0.2) is 5.75 Å². The summed E-state index contributed by atoms with van der Waals surface area (Å²) in [5, 5.41) is 0. The molecule has 3 aromatic carbocycles. The maximum atomic E-state index is 13.7. The molecule has 0 bridgehead atoms. The number of hydrogen-bond acceptors (Lipinski definition) is 3. The SMILES string of the molecule is CN(C)C(=O)Oc1c(-c2ccccc2)cn(Cc2ccccc2)c(=O)c1-c1ccccc1. The van der Waals surface area contributed by atoms with E-state index in [0.717, 1.165) is 11.1 Å². The Bertz CT molecular complexity index is 1270. The molecule has 160 valence electrons. The second-order valence-electron chi connectivity index (χ2n) is 7.66. The number of hydrogen-bond donors (Lipinski definition) is 0. The van der Waals surface area contributed by atoms with E-state index in [1.807, 2.05) is 91.0 Å². The van der Waals surface area contributed by atoms with E-state index in [0.29, 0.717) is 23.2 Å². The van der Waals surface area contributed by atoms with Gasteiger partial charge in [0.25, 0.3) is 5.56 Å². The maximum Gasteiger partial charge on any atom is 0.414 e. The molecule has 0 aliphatic heterocycles. The summed E-state index contributed by atoms with van der Waals surface area (Å²) in [5.74, 6) is 0.260. The van der Waals surface area contributed by atoms with Crippen LogP contribution in [0.3, 0.4) is 0 Å². The number of rotatable bonds is 5. The summed E-state index contributed by atoms with van der Waals surface area (Å²) in [6, 6.07) is 28.8. The fraction of sp³-hybridized carbons (Fsp3) is 0.111. The molecule has 0 N–H and O–H groups in total. The van der Waals surface area contributed by atoms with Crippen LogP contribution in [-0.4, -0.2) is 29.7 Å². The van der Waals surface area contributed by atoms with Crippen LogP contribution in [0.15, 0.2) is 102 Å². The van der Waals surface area contributed by atoms with Crippen molar-refractivity contribution in [2.24, 2.45) is 0 Å². The molecule has 5 nitrogen and oxygen atoms in total. The van der Waals surface area contributed by atoms with E-state index in [4.69, 9.17) is 4.74 Å². The Morgan fingerprint density at radius 3 is 1.91 bits per heavy atom. The molecule has 32 heavy (non-hydrogen) atoms. The van der Waals surface area contributed by atoms with Crippen LogP contribution in [0, 0.1) is 0 Å². The van der Waals surface area contributed by atoms with Crippen molar-refractivity contribution < 1.29 is 9.53 Å². The van der Waals surface area contributed by atoms with Crippen molar-refractivity contribution in [3.63, 3.8) is 0 Å².